The van der Waals surface area contributed by atoms with Gasteiger partial charge in [-0.2, -0.15) is 0 Å². The fourth-order valence-electron chi connectivity index (χ4n) is 2.72. The lowest BCUT2D eigenvalue weighted by Gasteiger charge is -2.26. The maximum atomic E-state index is 5.41. The third-order valence-electron chi connectivity index (χ3n) is 3.70. The quantitative estimate of drug-likeness (QED) is 0.824. The van der Waals surface area contributed by atoms with E-state index in [-0.39, 0.29) is 0 Å². The third kappa shape index (κ3) is 5.19. The Morgan fingerprint density at radius 2 is 1.89 bits per heavy atom. The Morgan fingerprint density at radius 3 is 2.58 bits per heavy atom. The lowest BCUT2D eigenvalue weighted by atomic mass is 9.96. The summed E-state index contributed by atoms with van der Waals surface area (Å²) in [7, 11) is 0. The van der Waals surface area contributed by atoms with Crippen molar-refractivity contribution in [3.8, 4) is 0 Å². The zero-order chi connectivity index (χ0) is 13.5. The zero-order valence-electron chi connectivity index (χ0n) is 11.7. The first-order valence-corrected chi connectivity index (χ1v) is 7.76. The molecular formula is C16H24N2S. The van der Waals surface area contributed by atoms with E-state index in [4.69, 9.17) is 12.2 Å². The molecule has 0 bridgehead atoms. The van der Waals surface area contributed by atoms with E-state index in [9.17, 15) is 0 Å². The topological polar surface area (TPSA) is 24.1 Å². The average Bonchev–Trinajstić information content (AvgIpc) is 2.40. The molecule has 0 radical (unpaired) electrons. The van der Waals surface area contributed by atoms with E-state index in [0.29, 0.717) is 12.1 Å². The molecule has 1 atom stereocenters. The van der Waals surface area contributed by atoms with Crippen molar-refractivity contribution in [3.63, 3.8) is 0 Å². The van der Waals surface area contributed by atoms with Crippen LogP contribution in [0.2, 0.25) is 0 Å². The minimum absolute atomic E-state index is 0.367. The van der Waals surface area contributed by atoms with Gasteiger partial charge in [-0.05, 0) is 44.0 Å². The molecule has 2 nitrogen and oxygen atoms in total. The van der Waals surface area contributed by atoms with Gasteiger partial charge < -0.3 is 10.6 Å². The van der Waals surface area contributed by atoms with Crippen molar-refractivity contribution in [2.24, 2.45) is 0 Å². The molecule has 1 aromatic rings. The molecule has 0 amide bonds. The van der Waals surface area contributed by atoms with Crippen molar-refractivity contribution < 1.29 is 0 Å². The summed E-state index contributed by atoms with van der Waals surface area (Å²) in [6.07, 6.45) is 7.57. The maximum Gasteiger partial charge on any atom is 0.166 e. The van der Waals surface area contributed by atoms with Gasteiger partial charge in [0.25, 0.3) is 0 Å². The first-order valence-electron chi connectivity index (χ1n) is 7.35. The van der Waals surface area contributed by atoms with Crippen LogP contribution in [0.15, 0.2) is 30.3 Å². The summed E-state index contributed by atoms with van der Waals surface area (Å²) in [6.45, 7) is 2.18. The first-order chi connectivity index (χ1) is 9.24. The van der Waals surface area contributed by atoms with Crippen LogP contribution < -0.4 is 10.6 Å². The molecule has 104 valence electrons. The molecule has 1 fully saturated rings. The average molecular weight is 276 g/mol. The third-order valence-corrected chi connectivity index (χ3v) is 3.94. The fourth-order valence-corrected chi connectivity index (χ4v) is 3.08. The second-order valence-corrected chi connectivity index (χ2v) is 5.95. The molecular weight excluding hydrogens is 252 g/mol. The fraction of sp³-hybridized carbons (Fsp3) is 0.562. The van der Waals surface area contributed by atoms with Crippen LogP contribution in [-0.2, 0) is 6.42 Å². The molecule has 0 spiro atoms. The summed E-state index contributed by atoms with van der Waals surface area (Å²) in [6, 6.07) is 11.5. The summed E-state index contributed by atoms with van der Waals surface area (Å²) >= 11 is 5.41. The standard InChI is InChI=1S/C16H24N2S/c1-13(12-14-8-4-2-5-9-14)17-16(19)18-15-10-6-3-7-11-15/h2,4-5,8-9,13,15H,3,6-7,10-12H2,1H3,(H2,17,18,19). The highest BCUT2D eigenvalue weighted by atomic mass is 32.1. The van der Waals surface area contributed by atoms with Gasteiger partial charge in [-0.3, -0.25) is 0 Å². The largest absolute Gasteiger partial charge is 0.360 e. The predicted molar refractivity (Wildman–Crippen MR) is 85.4 cm³/mol. The van der Waals surface area contributed by atoms with Gasteiger partial charge in [-0.15, -0.1) is 0 Å². The maximum absolute atomic E-state index is 5.41. The molecule has 1 unspecified atom stereocenters. The summed E-state index contributed by atoms with van der Waals surface area (Å²) < 4.78 is 0. The van der Waals surface area contributed by atoms with Crippen molar-refractivity contribution in [1.82, 2.24) is 10.6 Å². The second-order valence-electron chi connectivity index (χ2n) is 5.54. The monoisotopic (exact) mass is 276 g/mol. The Balaban J connectivity index is 1.72. The van der Waals surface area contributed by atoms with Crippen LogP contribution in [0.25, 0.3) is 0 Å². The molecule has 0 saturated heterocycles. The zero-order valence-corrected chi connectivity index (χ0v) is 12.5. The van der Waals surface area contributed by atoms with Crippen LogP contribution in [0.4, 0.5) is 0 Å². The lowest BCUT2D eigenvalue weighted by molar-refractivity contribution is 0.410. The van der Waals surface area contributed by atoms with E-state index >= 15 is 0 Å². The Morgan fingerprint density at radius 1 is 1.21 bits per heavy atom. The highest BCUT2D eigenvalue weighted by Gasteiger charge is 2.14. The van der Waals surface area contributed by atoms with Gasteiger partial charge in [0.15, 0.2) is 5.11 Å². The number of hydrogen-bond donors (Lipinski definition) is 2. The molecule has 2 N–H and O–H groups in total. The molecule has 1 aliphatic rings. The number of nitrogens with one attached hydrogen (secondary N) is 2. The molecule has 2 rings (SSSR count). The minimum Gasteiger partial charge on any atom is -0.360 e. The molecule has 0 aromatic heterocycles. The van der Waals surface area contributed by atoms with Gasteiger partial charge in [-0.1, -0.05) is 49.6 Å². The van der Waals surface area contributed by atoms with E-state index in [1.807, 2.05) is 0 Å². The van der Waals surface area contributed by atoms with Crippen LogP contribution >= 0.6 is 12.2 Å². The van der Waals surface area contributed by atoms with Gasteiger partial charge in [0.05, 0.1) is 0 Å². The summed E-state index contributed by atoms with van der Waals surface area (Å²) in [4.78, 5) is 0. The Hall–Kier alpha value is -1.09. The van der Waals surface area contributed by atoms with Crippen molar-refractivity contribution in [2.75, 3.05) is 0 Å². The Labute approximate surface area is 122 Å². The molecule has 1 saturated carbocycles. The van der Waals surface area contributed by atoms with E-state index in [0.717, 1.165) is 11.5 Å². The Kier molecular flexibility index (Phi) is 5.64. The number of hydrogen-bond acceptors (Lipinski definition) is 1. The van der Waals surface area contributed by atoms with Crippen LogP contribution in [0, 0.1) is 0 Å². The second kappa shape index (κ2) is 7.49. The molecule has 0 heterocycles. The predicted octanol–water partition coefficient (Wildman–Crippen LogP) is 3.41. The van der Waals surface area contributed by atoms with Crippen molar-refractivity contribution >= 4 is 17.3 Å². The normalized spacial score (nSPS) is 17.7. The molecule has 0 aliphatic heterocycles. The molecule has 19 heavy (non-hydrogen) atoms. The molecule has 1 aromatic carbocycles. The van der Waals surface area contributed by atoms with Crippen LogP contribution in [0.3, 0.4) is 0 Å². The van der Waals surface area contributed by atoms with Gasteiger partial charge in [-0.25, -0.2) is 0 Å². The van der Waals surface area contributed by atoms with Crippen LogP contribution in [0.1, 0.15) is 44.6 Å². The Bertz CT molecular complexity index is 385. The SMILES string of the molecule is CC(Cc1ccccc1)NC(=S)NC1CCCCC1. The number of benzene rings is 1. The summed E-state index contributed by atoms with van der Waals surface area (Å²) in [5.74, 6) is 0. The smallest absolute Gasteiger partial charge is 0.166 e. The summed E-state index contributed by atoms with van der Waals surface area (Å²) in [5.41, 5.74) is 1.35. The highest BCUT2D eigenvalue weighted by Crippen LogP contribution is 2.17. The van der Waals surface area contributed by atoms with Crippen molar-refractivity contribution in [1.29, 1.82) is 0 Å². The van der Waals surface area contributed by atoms with Crippen LogP contribution in [0.5, 0.6) is 0 Å². The van der Waals surface area contributed by atoms with E-state index in [1.54, 1.807) is 0 Å². The lowest BCUT2D eigenvalue weighted by Crippen LogP contribution is -2.46. The van der Waals surface area contributed by atoms with E-state index < -0.39 is 0 Å². The highest BCUT2D eigenvalue weighted by molar-refractivity contribution is 7.80. The number of thiocarbonyl (C=S) groups is 1. The van der Waals surface area contributed by atoms with Gasteiger partial charge in [0, 0.05) is 12.1 Å². The summed E-state index contributed by atoms with van der Waals surface area (Å²) in [5, 5.41) is 7.67. The molecule has 3 heteroatoms. The van der Waals surface area contributed by atoms with E-state index in [2.05, 4.69) is 47.9 Å². The van der Waals surface area contributed by atoms with Gasteiger partial charge in [0.2, 0.25) is 0 Å². The van der Waals surface area contributed by atoms with Gasteiger partial charge in [0.1, 0.15) is 0 Å². The number of rotatable bonds is 4. The minimum atomic E-state index is 0.367. The van der Waals surface area contributed by atoms with Crippen molar-refractivity contribution in [3.05, 3.63) is 35.9 Å². The first kappa shape index (κ1) is 14.3. The van der Waals surface area contributed by atoms with Crippen LogP contribution in [-0.4, -0.2) is 17.2 Å². The molecule has 1 aliphatic carbocycles. The van der Waals surface area contributed by atoms with Crippen molar-refractivity contribution in [2.45, 2.75) is 57.5 Å². The van der Waals surface area contributed by atoms with Gasteiger partial charge >= 0.3 is 0 Å². The van der Waals surface area contributed by atoms with E-state index in [1.165, 1.54) is 37.7 Å².